The molecule has 0 unspecified atom stereocenters. The summed E-state index contributed by atoms with van der Waals surface area (Å²) in [6.45, 7) is 4.38. The van der Waals surface area contributed by atoms with Crippen LogP contribution < -0.4 is 10.4 Å². The molecule has 1 amide bonds. The normalized spacial score (nSPS) is 15.9. The Hall–Kier alpha value is -1.62. The van der Waals surface area contributed by atoms with E-state index in [0.717, 1.165) is 18.9 Å². The van der Waals surface area contributed by atoms with Crippen LogP contribution in [-0.4, -0.2) is 30.6 Å². The predicted octanol–water partition coefficient (Wildman–Crippen LogP) is 2.14. The maximum absolute atomic E-state index is 11.7. The number of nitrogens with one attached hydrogen (secondary N) is 1. The van der Waals surface area contributed by atoms with E-state index >= 15 is 0 Å². The van der Waals surface area contributed by atoms with Crippen molar-refractivity contribution in [3.63, 3.8) is 0 Å². The van der Waals surface area contributed by atoms with Crippen LogP contribution in [0.2, 0.25) is 0 Å². The molecule has 19 heavy (non-hydrogen) atoms. The zero-order valence-electron chi connectivity index (χ0n) is 11.4. The summed E-state index contributed by atoms with van der Waals surface area (Å²) in [6, 6.07) is 3.70. The zero-order valence-corrected chi connectivity index (χ0v) is 11.4. The molecule has 5 heteroatoms. The van der Waals surface area contributed by atoms with Crippen molar-refractivity contribution in [2.24, 2.45) is 0 Å². The van der Waals surface area contributed by atoms with Crippen LogP contribution in [0.5, 0.6) is 0 Å². The van der Waals surface area contributed by atoms with Gasteiger partial charge in [-0.3, -0.25) is 9.63 Å². The molecule has 0 spiro atoms. The first-order valence-electron chi connectivity index (χ1n) is 6.94. The first-order chi connectivity index (χ1) is 9.31. The van der Waals surface area contributed by atoms with E-state index in [2.05, 4.69) is 15.4 Å². The number of amides is 1. The van der Waals surface area contributed by atoms with Gasteiger partial charge in [0.15, 0.2) is 0 Å². The first kappa shape index (κ1) is 13.8. The summed E-state index contributed by atoms with van der Waals surface area (Å²) in [5.74, 6) is 0.701. The van der Waals surface area contributed by atoms with Gasteiger partial charge in [-0.1, -0.05) is 12.8 Å². The van der Waals surface area contributed by atoms with E-state index in [4.69, 9.17) is 4.84 Å². The molecule has 0 bridgehead atoms. The van der Waals surface area contributed by atoms with Crippen molar-refractivity contribution in [1.29, 1.82) is 0 Å². The average molecular weight is 263 g/mol. The molecular weight excluding hydrogens is 242 g/mol. The van der Waals surface area contributed by atoms with Crippen molar-refractivity contribution >= 4 is 11.7 Å². The SMILES string of the molecule is CCONC(=O)c1ccc(N2CCCCCC2)nc1. The molecule has 0 radical (unpaired) electrons. The van der Waals surface area contributed by atoms with Gasteiger partial charge in [0.1, 0.15) is 5.82 Å². The van der Waals surface area contributed by atoms with Crippen LogP contribution in [0.15, 0.2) is 18.3 Å². The quantitative estimate of drug-likeness (QED) is 0.846. The predicted molar refractivity (Wildman–Crippen MR) is 74.0 cm³/mol. The Morgan fingerprint density at radius 1 is 1.32 bits per heavy atom. The minimum atomic E-state index is -0.253. The van der Waals surface area contributed by atoms with Crippen molar-refractivity contribution < 1.29 is 9.63 Å². The fourth-order valence-corrected chi connectivity index (χ4v) is 2.20. The van der Waals surface area contributed by atoms with E-state index in [1.165, 1.54) is 25.7 Å². The van der Waals surface area contributed by atoms with E-state index in [0.29, 0.717) is 12.2 Å². The second-order valence-electron chi connectivity index (χ2n) is 4.67. The highest BCUT2D eigenvalue weighted by Gasteiger charge is 2.12. The lowest BCUT2D eigenvalue weighted by Gasteiger charge is -2.21. The van der Waals surface area contributed by atoms with E-state index in [1.807, 2.05) is 13.0 Å². The molecule has 1 aromatic heterocycles. The van der Waals surface area contributed by atoms with Gasteiger partial charge in [0, 0.05) is 19.3 Å². The molecule has 2 rings (SSSR count). The summed E-state index contributed by atoms with van der Waals surface area (Å²) >= 11 is 0. The number of carbonyl (C=O) groups excluding carboxylic acids is 1. The molecule has 1 aliphatic heterocycles. The van der Waals surface area contributed by atoms with E-state index < -0.39 is 0 Å². The average Bonchev–Trinajstić information content (AvgIpc) is 2.74. The molecule has 0 saturated carbocycles. The maximum atomic E-state index is 11.7. The highest BCUT2D eigenvalue weighted by Crippen LogP contribution is 2.17. The Balaban J connectivity index is 1.98. The van der Waals surface area contributed by atoms with Crippen LogP contribution in [0.1, 0.15) is 43.0 Å². The third kappa shape index (κ3) is 3.92. The molecule has 0 atom stereocenters. The van der Waals surface area contributed by atoms with Gasteiger partial charge in [0.2, 0.25) is 0 Å². The molecule has 1 fully saturated rings. The lowest BCUT2D eigenvalue weighted by Crippen LogP contribution is -2.26. The van der Waals surface area contributed by atoms with Gasteiger partial charge in [-0.2, -0.15) is 0 Å². The number of rotatable bonds is 4. The Morgan fingerprint density at radius 3 is 2.63 bits per heavy atom. The number of hydroxylamine groups is 1. The lowest BCUT2D eigenvalue weighted by atomic mass is 10.2. The van der Waals surface area contributed by atoms with Crippen LogP contribution >= 0.6 is 0 Å². The van der Waals surface area contributed by atoms with Gasteiger partial charge in [0.25, 0.3) is 5.91 Å². The summed E-state index contributed by atoms with van der Waals surface area (Å²) in [4.78, 5) is 23.2. The van der Waals surface area contributed by atoms with Crippen molar-refractivity contribution in [2.75, 3.05) is 24.6 Å². The van der Waals surface area contributed by atoms with Gasteiger partial charge in [-0.25, -0.2) is 10.5 Å². The van der Waals surface area contributed by atoms with Crippen molar-refractivity contribution in [3.8, 4) is 0 Å². The third-order valence-electron chi connectivity index (χ3n) is 3.25. The van der Waals surface area contributed by atoms with Crippen molar-refractivity contribution in [2.45, 2.75) is 32.6 Å². The van der Waals surface area contributed by atoms with E-state index in [-0.39, 0.29) is 5.91 Å². The Kier molecular flexibility index (Phi) is 5.15. The largest absolute Gasteiger partial charge is 0.357 e. The molecule has 104 valence electrons. The molecule has 1 N–H and O–H groups in total. The summed E-state index contributed by atoms with van der Waals surface area (Å²) in [7, 11) is 0. The topological polar surface area (TPSA) is 54.5 Å². The minimum Gasteiger partial charge on any atom is -0.357 e. The van der Waals surface area contributed by atoms with Gasteiger partial charge < -0.3 is 4.90 Å². The number of carbonyl (C=O) groups is 1. The van der Waals surface area contributed by atoms with Gasteiger partial charge in [0.05, 0.1) is 12.2 Å². The number of hydrogen-bond donors (Lipinski definition) is 1. The molecule has 0 aromatic carbocycles. The van der Waals surface area contributed by atoms with E-state index in [1.54, 1.807) is 12.3 Å². The number of hydrogen-bond acceptors (Lipinski definition) is 4. The number of anilines is 1. The highest BCUT2D eigenvalue weighted by molar-refractivity contribution is 5.93. The molecule has 1 aliphatic rings. The minimum absolute atomic E-state index is 0.253. The maximum Gasteiger partial charge on any atom is 0.276 e. The second kappa shape index (κ2) is 7.09. The number of pyridine rings is 1. The molecular formula is C14H21N3O2. The van der Waals surface area contributed by atoms with Crippen LogP contribution in [0.25, 0.3) is 0 Å². The molecule has 1 saturated heterocycles. The number of aromatic nitrogens is 1. The van der Waals surface area contributed by atoms with Crippen molar-refractivity contribution in [1.82, 2.24) is 10.5 Å². The highest BCUT2D eigenvalue weighted by atomic mass is 16.6. The Labute approximate surface area is 113 Å². The van der Waals surface area contributed by atoms with Crippen LogP contribution in [0, 0.1) is 0 Å². The summed E-state index contributed by atoms with van der Waals surface area (Å²) in [5.41, 5.74) is 2.89. The van der Waals surface area contributed by atoms with Gasteiger partial charge in [-0.15, -0.1) is 0 Å². The fraction of sp³-hybridized carbons (Fsp3) is 0.571. The van der Waals surface area contributed by atoms with Gasteiger partial charge >= 0.3 is 0 Å². The van der Waals surface area contributed by atoms with Crippen molar-refractivity contribution in [3.05, 3.63) is 23.9 Å². The number of nitrogens with zero attached hydrogens (tertiary/aromatic N) is 2. The monoisotopic (exact) mass is 263 g/mol. The summed E-state index contributed by atoms with van der Waals surface area (Å²) in [5, 5.41) is 0. The standard InChI is InChI=1S/C14H21N3O2/c1-2-19-16-14(18)12-7-8-13(15-11-12)17-9-5-3-4-6-10-17/h7-8,11H,2-6,9-10H2,1H3,(H,16,18). The van der Waals surface area contributed by atoms with Gasteiger partial charge in [-0.05, 0) is 31.9 Å². The molecule has 0 aliphatic carbocycles. The molecule has 1 aromatic rings. The summed E-state index contributed by atoms with van der Waals surface area (Å²) < 4.78 is 0. The van der Waals surface area contributed by atoms with Crippen LogP contribution in [0.3, 0.4) is 0 Å². The Bertz CT molecular complexity index is 398. The summed E-state index contributed by atoms with van der Waals surface area (Å²) in [6.07, 6.45) is 6.63. The van der Waals surface area contributed by atoms with Crippen LogP contribution in [0.4, 0.5) is 5.82 Å². The zero-order chi connectivity index (χ0) is 13.5. The Morgan fingerprint density at radius 2 is 2.05 bits per heavy atom. The molecule has 5 nitrogen and oxygen atoms in total. The second-order valence-corrected chi connectivity index (χ2v) is 4.67. The van der Waals surface area contributed by atoms with E-state index in [9.17, 15) is 4.79 Å². The fourth-order valence-electron chi connectivity index (χ4n) is 2.20. The lowest BCUT2D eigenvalue weighted by molar-refractivity contribution is 0.0364. The van der Waals surface area contributed by atoms with Crippen LogP contribution in [-0.2, 0) is 4.84 Å². The molecule has 2 heterocycles. The first-order valence-corrected chi connectivity index (χ1v) is 6.94. The smallest absolute Gasteiger partial charge is 0.276 e. The third-order valence-corrected chi connectivity index (χ3v) is 3.25.